The number of nitrogens with zero attached hydrogens (tertiary/aromatic N) is 1. The van der Waals surface area contributed by atoms with Crippen LogP contribution in [-0.4, -0.2) is 17.2 Å². The van der Waals surface area contributed by atoms with Crippen LogP contribution in [0.1, 0.15) is 23.9 Å². The van der Waals surface area contributed by atoms with Gasteiger partial charge < -0.3 is 10.3 Å². The van der Waals surface area contributed by atoms with Crippen LogP contribution >= 0.6 is 0 Å². The van der Waals surface area contributed by atoms with Crippen molar-refractivity contribution in [3.63, 3.8) is 0 Å². The molecular weight excluding hydrogens is 246 g/mol. The van der Waals surface area contributed by atoms with Crippen LogP contribution in [0.15, 0.2) is 52.3 Å². The summed E-state index contributed by atoms with van der Waals surface area (Å²) in [5.74, 6) is 0. The average Bonchev–Trinajstić information content (AvgIpc) is 3.11. The number of aromatic amines is 1. The Morgan fingerprint density at radius 1 is 1.25 bits per heavy atom. The third-order valence-corrected chi connectivity index (χ3v) is 3.60. The lowest BCUT2D eigenvalue weighted by atomic mass is 10.2. The Morgan fingerprint density at radius 2 is 2.10 bits per heavy atom. The van der Waals surface area contributed by atoms with Crippen molar-refractivity contribution in [1.82, 2.24) is 10.3 Å². The van der Waals surface area contributed by atoms with E-state index in [1.165, 1.54) is 16.8 Å². The Bertz CT molecular complexity index is 694. The fourth-order valence-electron chi connectivity index (χ4n) is 2.49. The van der Waals surface area contributed by atoms with Crippen LogP contribution in [0.2, 0.25) is 0 Å². The highest BCUT2D eigenvalue weighted by Crippen LogP contribution is 2.20. The number of aliphatic imine (C=N–C) groups is 1. The number of aromatic nitrogens is 1. The molecule has 0 saturated carbocycles. The van der Waals surface area contributed by atoms with E-state index < -0.39 is 0 Å². The van der Waals surface area contributed by atoms with E-state index in [-0.39, 0.29) is 0 Å². The maximum absolute atomic E-state index is 4.67. The molecule has 102 valence electrons. The third-order valence-electron chi connectivity index (χ3n) is 3.60. The first kappa shape index (κ1) is 12.7. The number of H-pyrrole nitrogens is 1. The fraction of sp³-hybridized carbons (Fsp3) is 0.235. The zero-order chi connectivity index (χ0) is 14.1. The highest BCUT2D eigenvalue weighted by molar-refractivity contribution is 6.11. The highest BCUT2D eigenvalue weighted by Gasteiger charge is 2.15. The van der Waals surface area contributed by atoms with Gasteiger partial charge >= 0.3 is 0 Å². The van der Waals surface area contributed by atoms with Gasteiger partial charge in [-0.25, -0.2) is 4.99 Å². The maximum atomic E-state index is 4.67. The molecule has 1 aromatic heterocycles. The zero-order valence-electron chi connectivity index (χ0n) is 12.1. The van der Waals surface area contributed by atoms with Gasteiger partial charge in [0.25, 0.3) is 0 Å². The first-order valence-corrected chi connectivity index (χ1v) is 6.91. The number of hydrogen-bond donors (Lipinski definition) is 2. The smallest absolute Gasteiger partial charge is 0.0869 e. The Kier molecular flexibility index (Phi) is 3.18. The molecule has 0 amide bonds. The van der Waals surface area contributed by atoms with E-state index in [2.05, 4.69) is 72.5 Å². The molecule has 0 atom stereocenters. The summed E-state index contributed by atoms with van der Waals surface area (Å²) < 4.78 is 0. The van der Waals surface area contributed by atoms with Gasteiger partial charge in [-0.1, -0.05) is 6.08 Å². The van der Waals surface area contributed by atoms with Gasteiger partial charge in [0.15, 0.2) is 0 Å². The highest BCUT2D eigenvalue weighted by atomic mass is 14.9. The lowest BCUT2D eigenvalue weighted by Crippen LogP contribution is -2.13. The van der Waals surface area contributed by atoms with E-state index in [1.807, 2.05) is 0 Å². The van der Waals surface area contributed by atoms with Crippen LogP contribution < -0.4 is 5.32 Å². The standard InChI is InChI=1S/C17H19N3/c1-4-13-8-17(18-10-13)15-6-5-14(20-15)9-16-11(2)7-12(3)19-16/h4-9,18-19H,10H2,1-3H3/b13-4-,14-9-. The molecule has 0 fully saturated rings. The zero-order valence-corrected chi connectivity index (χ0v) is 12.1. The summed E-state index contributed by atoms with van der Waals surface area (Å²) in [7, 11) is 0. The number of hydrogen-bond acceptors (Lipinski definition) is 2. The van der Waals surface area contributed by atoms with Gasteiger partial charge in [-0.05, 0) is 62.3 Å². The Morgan fingerprint density at radius 3 is 2.75 bits per heavy atom. The van der Waals surface area contributed by atoms with E-state index in [1.54, 1.807) is 0 Å². The molecule has 0 aromatic carbocycles. The Balaban J connectivity index is 1.86. The van der Waals surface area contributed by atoms with Crippen LogP contribution in [0.3, 0.4) is 0 Å². The Labute approximate surface area is 119 Å². The predicted octanol–water partition coefficient (Wildman–Crippen LogP) is 3.42. The molecule has 0 bridgehead atoms. The van der Waals surface area contributed by atoms with Gasteiger partial charge in [0.2, 0.25) is 0 Å². The molecule has 3 heterocycles. The second-order valence-electron chi connectivity index (χ2n) is 5.22. The van der Waals surface area contributed by atoms with E-state index in [0.717, 1.165) is 29.3 Å². The number of rotatable bonds is 2. The molecular formula is C17H19N3. The molecule has 2 aliphatic heterocycles. The van der Waals surface area contributed by atoms with E-state index in [0.29, 0.717) is 0 Å². The van der Waals surface area contributed by atoms with Crippen molar-refractivity contribution < 1.29 is 0 Å². The molecule has 0 aliphatic carbocycles. The van der Waals surface area contributed by atoms with Crippen molar-refractivity contribution in [1.29, 1.82) is 0 Å². The molecule has 20 heavy (non-hydrogen) atoms. The van der Waals surface area contributed by atoms with Crippen molar-refractivity contribution in [3.05, 3.63) is 64.3 Å². The lowest BCUT2D eigenvalue weighted by Gasteiger charge is -1.99. The second-order valence-corrected chi connectivity index (χ2v) is 5.22. The normalized spacial score (nSPS) is 21.6. The fourth-order valence-corrected chi connectivity index (χ4v) is 2.49. The van der Waals surface area contributed by atoms with Crippen molar-refractivity contribution in [2.45, 2.75) is 20.8 Å². The summed E-state index contributed by atoms with van der Waals surface area (Å²) >= 11 is 0. The quantitative estimate of drug-likeness (QED) is 0.845. The first-order chi connectivity index (χ1) is 9.65. The molecule has 3 nitrogen and oxygen atoms in total. The monoisotopic (exact) mass is 265 g/mol. The molecule has 0 spiro atoms. The van der Waals surface area contributed by atoms with Gasteiger partial charge in [0.05, 0.1) is 17.1 Å². The van der Waals surface area contributed by atoms with Gasteiger partial charge in [-0.3, -0.25) is 0 Å². The Hall–Kier alpha value is -2.29. The van der Waals surface area contributed by atoms with Crippen LogP contribution in [-0.2, 0) is 0 Å². The average molecular weight is 265 g/mol. The summed E-state index contributed by atoms with van der Waals surface area (Å²) in [4.78, 5) is 8.03. The largest absolute Gasteiger partial charge is 0.379 e. The minimum Gasteiger partial charge on any atom is -0.379 e. The van der Waals surface area contributed by atoms with Gasteiger partial charge in [-0.2, -0.15) is 0 Å². The molecule has 2 aliphatic rings. The number of aryl methyl sites for hydroxylation is 2. The lowest BCUT2D eigenvalue weighted by molar-refractivity contribution is 0.976. The maximum Gasteiger partial charge on any atom is 0.0869 e. The van der Waals surface area contributed by atoms with Crippen molar-refractivity contribution in [2.24, 2.45) is 4.99 Å². The van der Waals surface area contributed by atoms with Crippen molar-refractivity contribution in [3.8, 4) is 0 Å². The van der Waals surface area contributed by atoms with Gasteiger partial charge in [-0.15, -0.1) is 0 Å². The summed E-state index contributed by atoms with van der Waals surface area (Å²) in [5.41, 5.74) is 7.98. The predicted molar refractivity (Wildman–Crippen MR) is 84.7 cm³/mol. The first-order valence-electron chi connectivity index (χ1n) is 6.91. The molecule has 0 unspecified atom stereocenters. The molecule has 1 aromatic rings. The SMILES string of the molecule is C/C=C1/C=C(C2=N/C(=C\c3[nH]c(C)cc3C)C=C2)NC1. The molecule has 3 heteroatoms. The summed E-state index contributed by atoms with van der Waals surface area (Å²) in [6.07, 6.45) is 10.5. The van der Waals surface area contributed by atoms with Gasteiger partial charge in [0, 0.05) is 17.9 Å². The van der Waals surface area contributed by atoms with E-state index in [9.17, 15) is 0 Å². The minimum absolute atomic E-state index is 0.896. The third kappa shape index (κ3) is 2.39. The number of nitrogens with one attached hydrogen (secondary N) is 2. The van der Waals surface area contributed by atoms with Crippen LogP contribution in [0, 0.1) is 13.8 Å². The van der Waals surface area contributed by atoms with Crippen LogP contribution in [0.25, 0.3) is 6.08 Å². The van der Waals surface area contributed by atoms with Gasteiger partial charge in [0.1, 0.15) is 0 Å². The summed E-state index contributed by atoms with van der Waals surface area (Å²) in [5, 5.41) is 3.38. The molecule has 2 N–H and O–H groups in total. The topological polar surface area (TPSA) is 40.2 Å². The summed E-state index contributed by atoms with van der Waals surface area (Å²) in [6.45, 7) is 7.13. The molecule has 0 saturated heterocycles. The van der Waals surface area contributed by atoms with Crippen LogP contribution in [0.4, 0.5) is 0 Å². The number of allylic oxidation sites excluding steroid dienone is 3. The molecule has 0 radical (unpaired) electrons. The van der Waals surface area contributed by atoms with Crippen molar-refractivity contribution >= 4 is 11.8 Å². The van der Waals surface area contributed by atoms with E-state index >= 15 is 0 Å². The van der Waals surface area contributed by atoms with E-state index in [4.69, 9.17) is 0 Å². The van der Waals surface area contributed by atoms with Crippen molar-refractivity contribution in [2.75, 3.05) is 6.54 Å². The molecule has 3 rings (SSSR count). The summed E-state index contributed by atoms with van der Waals surface area (Å²) in [6, 6.07) is 2.15. The minimum atomic E-state index is 0.896. The van der Waals surface area contributed by atoms with Crippen LogP contribution in [0.5, 0.6) is 0 Å². The second kappa shape index (κ2) is 5.00.